The molecule has 2 N–H and O–H groups in total. The third-order valence-corrected chi connectivity index (χ3v) is 7.06. The van der Waals surface area contributed by atoms with Crippen LogP contribution >= 0.6 is 0 Å². The van der Waals surface area contributed by atoms with Gasteiger partial charge in [-0.25, -0.2) is 4.79 Å². The number of nitrogens with zero attached hydrogens (tertiary/aromatic N) is 3. The van der Waals surface area contributed by atoms with Gasteiger partial charge in [0.15, 0.2) is 0 Å². The highest BCUT2D eigenvalue weighted by Crippen LogP contribution is 2.37. The molecule has 1 aliphatic carbocycles. The maximum absolute atomic E-state index is 13.2. The van der Waals surface area contributed by atoms with E-state index >= 15 is 0 Å². The van der Waals surface area contributed by atoms with Gasteiger partial charge in [0.05, 0.1) is 18.8 Å². The molecule has 4 rings (SSSR count). The number of amides is 2. The predicted octanol–water partition coefficient (Wildman–Crippen LogP) is 5.19. The van der Waals surface area contributed by atoms with Crippen molar-refractivity contribution < 1.29 is 19.1 Å². The zero-order chi connectivity index (χ0) is 26.6. The number of aromatic nitrogens is 2. The van der Waals surface area contributed by atoms with Gasteiger partial charge in [0.2, 0.25) is 5.91 Å². The van der Waals surface area contributed by atoms with E-state index in [9.17, 15) is 9.59 Å². The molecule has 1 unspecified atom stereocenters. The fraction of sp³-hybridized carbons (Fsp3) is 0.607. The van der Waals surface area contributed by atoms with E-state index in [0.29, 0.717) is 12.5 Å². The fourth-order valence-electron chi connectivity index (χ4n) is 5.31. The Morgan fingerprint density at radius 1 is 1.17 bits per heavy atom. The summed E-state index contributed by atoms with van der Waals surface area (Å²) < 4.78 is 12.0. The minimum absolute atomic E-state index is 0.131. The van der Waals surface area contributed by atoms with Crippen LogP contribution in [0.5, 0.6) is 5.75 Å². The van der Waals surface area contributed by atoms with Crippen LogP contribution in [0.1, 0.15) is 93.4 Å². The smallest absolute Gasteiger partial charge is 0.405 e. The number of fused-ring (bicyclic) bond motifs is 1. The van der Waals surface area contributed by atoms with Crippen LogP contribution in [0.25, 0.3) is 0 Å². The first-order chi connectivity index (χ1) is 16.9. The number of hydrogen-bond acceptors (Lipinski definition) is 5. The molecule has 0 radical (unpaired) electrons. The Hall–Kier alpha value is -3.03. The molecule has 2 heterocycles. The van der Waals surface area contributed by atoms with Gasteiger partial charge in [-0.1, -0.05) is 19.1 Å². The molecule has 0 saturated carbocycles. The Balaban J connectivity index is 0.000000392. The molecular formula is C28H42N4O4. The number of nitrogens with two attached hydrogens (primary N) is 1. The highest BCUT2D eigenvalue weighted by molar-refractivity contribution is 5.77. The Kier molecular flexibility index (Phi) is 8.69. The molecule has 1 aliphatic heterocycles. The largest absolute Gasteiger partial charge is 0.496 e. The number of rotatable bonds is 4. The van der Waals surface area contributed by atoms with Crippen LogP contribution < -0.4 is 10.5 Å². The molecule has 36 heavy (non-hydrogen) atoms. The average Bonchev–Trinajstić information content (AvgIpc) is 3.39. The van der Waals surface area contributed by atoms with Crippen LogP contribution in [0, 0.1) is 13.8 Å². The number of ether oxygens (including phenoxy) is 2. The zero-order valence-electron chi connectivity index (χ0n) is 22.9. The molecule has 1 aromatic carbocycles. The molecule has 1 aromatic heterocycles. The molecule has 2 aliphatic rings. The minimum Gasteiger partial charge on any atom is -0.496 e. The highest BCUT2D eigenvalue weighted by Gasteiger charge is 2.32. The fourth-order valence-corrected chi connectivity index (χ4v) is 5.31. The summed E-state index contributed by atoms with van der Waals surface area (Å²) in [5.74, 6) is 1.56. The van der Waals surface area contributed by atoms with Crippen LogP contribution in [0.3, 0.4) is 0 Å². The summed E-state index contributed by atoms with van der Waals surface area (Å²) >= 11 is 0. The van der Waals surface area contributed by atoms with E-state index in [1.807, 2.05) is 21.7 Å². The summed E-state index contributed by atoms with van der Waals surface area (Å²) in [5.41, 5.74) is 10.3. The zero-order valence-corrected chi connectivity index (χ0v) is 22.9. The quantitative estimate of drug-likeness (QED) is 0.625. The first kappa shape index (κ1) is 27.6. The molecule has 1 saturated heterocycles. The summed E-state index contributed by atoms with van der Waals surface area (Å²) in [6, 6.07) is 6.27. The topological polar surface area (TPSA) is 99.7 Å². The number of likely N-dealkylation sites (tertiary alicyclic amines) is 1. The first-order valence-electron chi connectivity index (χ1n) is 12.9. The van der Waals surface area contributed by atoms with Crippen LogP contribution in [0.15, 0.2) is 18.2 Å². The number of hydrogen-bond donors (Lipinski definition) is 1. The average molecular weight is 499 g/mol. The number of carbonyl (C=O) groups is 2. The SMILES string of the molecule is CC(C)(C)OC(N)=O.COc1cccc([C@H]2CCCN2C(=O)Cn2nc3c(c2C)CCCC3C)c1C. The van der Waals surface area contributed by atoms with Gasteiger partial charge in [-0.3, -0.25) is 9.48 Å². The predicted molar refractivity (Wildman–Crippen MR) is 140 cm³/mol. The molecule has 1 fully saturated rings. The summed E-state index contributed by atoms with van der Waals surface area (Å²) in [5, 5.41) is 4.83. The van der Waals surface area contributed by atoms with Crippen molar-refractivity contribution in [1.82, 2.24) is 14.7 Å². The lowest BCUT2D eigenvalue weighted by molar-refractivity contribution is -0.133. The van der Waals surface area contributed by atoms with Gasteiger partial charge in [-0.05, 0) is 89.5 Å². The normalized spacial score (nSPS) is 19.2. The van der Waals surface area contributed by atoms with Crippen molar-refractivity contribution >= 4 is 12.0 Å². The summed E-state index contributed by atoms with van der Waals surface area (Å²) in [6.07, 6.45) is 4.83. The maximum Gasteiger partial charge on any atom is 0.405 e. The first-order valence-corrected chi connectivity index (χ1v) is 12.9. The second-order valence-electron chi connectivity index (χ2n) is 10.9. The van der Waals surface area contributed by atoms with Gasteiger partial charge in [0.1, 0.15) is 17.9 Å². The van der Waals surface area contributed by atoms with Crippen molar-refractivity contribution in [3.05, 3.63) is 46.3 Å². The molecule has 2 aromatic rings. The van der Waals surface area contributed by atoms with Gasteiger partial charge < -0.3 is 20.1 Å². The van der Waals surface area contributed by atoms with Gasteiger partial charge >= 0.3 is 6.09 Å². The standard InChI is InChI=1S/C23H31N3O2.C5H11NO2/c1-15-8-5-10-19-17(3)26(24-23(15)19)14-22(27)25-13-7-11-20(25)18-9-6-12-21(28-4)16(18)2;1-5(2,3)8-4(6)7/h6,9,12,15,20H,5,7-8,10-11,13-14H2,1-4H3;1-3H3,(H2,6,7)/t15?,20-;/m1./s1. The van der Waals surface area contributed by atoms with Crippen molar-refractivity contribution in [2.45, 2.75) is 97.8 Å². The van der Waals surface area contributed by atoms with Crippen molar-refractivity contribution in [2.24, 2.45) is 5.73 Å². The lowest BCUT2D eigenvalue weighted by atomic mass is 9.88. The van der Waals surface area contributed by atoms with Crippen molar-refractivity contribution in [3.63, 3.8) is 0 Å². The van der Waals surface area contributed by atoms with E-state index in [1.165, 1.54) is 35.4 Å². The van der Waals surface area contributed by atoms with Gasteiger partial charge in [-0.15, -0.1) is 0 Å². The van der Waals surface area contributed by atoms with E-state index in [2.05, 4.69) is 31.6 Å². The lowest BCUT2D eigenvalue weighted by Crippen LogP contribution is -2.34. The van der Waals surface area contributed by atoms with Crippen LogP contribution in [0.4, 0.5) is 4.79 Å². The summed E-state index contributed by atoms with van der Waals surface area (Å²) in [4.78, 5) is 25.3. The van der Waals surface area contributed by atoms with Crippen molar-refractivity contribution in [2.75, 3.05) is 13.7 Å². The summed E-state index contributed by atoms with van der Waals surface area (Å²) in [7, 11) is 1.70. The molecule has 8 nitrogen and oxygen atoms in total. The second kappa shape index (κ2) is 11.4. The number of benzene rings is 1. The van der Waals surface area contributed by atoms with Gasteiger partial charge in [0.25, 0.3) is 0 Å². The van der Waals surface area contributed by atoms with Crippen LogP contribution in [-0.4, -0.2) is 45.9 Å². The Labute approximate surface area is 215 Å². The second-order valence-corrected chi connectivity index (χ2v) is 10.9. The Morgan fingerprint density at radius 2 is 1.89 bits per heavy atom. The molecule has 0 bridgehead atoms. The third kappa shape index (κ3) is 6.39. The van der Waals surface area contributed by atoms with Crippen LogP contribution in [0.2, 0.25) is 0 Å². The molecule has 8 heteroatoms. The molecule has 198 valence electrons. The van der Waals surface area contributed by atoms with Crippen molar-refractivity contribution in [1.29, 1.82) is 0 Å². The number of methoxy groups -OCH3 is 1. The monoisotopic (exact) mass is 498 g/mol. The molecule has 0 spiro atoms. The van der Waals surface area contributed by atoms with E-state index in [1.54, 1.807) is 27.9 Å². The van der Waals surface area contributed by atoms with Gasteiger partial charge in [-0.2, -0.15) is 5.10 Å². The number of carbonyl (C=O) groups excluding carboxylic acids is 2. The van der Waals surface area contributed by atoms with E-state index in [-0.39, 0.29) is 11.9 Å². The van der Waals surface area contributed by atoms with Gasteiger partial charge in [0, 0.05) is 18.2 Å². The lowest BCUT2D eigenvalue weighted by Gasteiger charge is -2.27. The minimum atomic E-state index is -0.725. The van der Waals surface area contributed by atoms with E-state index < -0.39 is 11.7 Å². The summed E-state index contributed by atoms with van der Waals surface area (Å²) in [6.45, 7) is 12.9. The third-order valence-electron chi connectivity index (χ3n) is 7.06. The molecule has 2 amide bonds. The maximum atomic E-state index is 13.2. The van der Waals surface area contributed by atoms with Crippen LogP contribution in [-0.2, 0) is 22.5 Å². The number of primary amides is 1. The molecule has 2 atom stereocenters. The Morgan fingerprint density at radius 3 is 2.47 bits per heavy atom. The Bertz CT molecular complexity index is 1090. The van der Waals surface area contributed by atoms with Crippen molar-refractivity contribution in [3.8, 4) is 5.75 Å². The molecular weight excluding hydrogens is 456 g/mol. The highest BCUT2D eigenvalue weighted by atomic mass is 16.6. The van der Waals surface area contributed by atoms with E-state index in [4.69, 9.17) is 15.6 Å². The van der Waals surface area contributed by atoms with E-state index in [0.717, 1.165) is 37.1 Å².